The molecule has 5 heteroatoms. The van der Waals surface area contributed by atoms with Crippen molar-refractivity contribution in [3.8, 4) is 0 Å². The summed E-state index contributed by atoms with van der Waals surface area (Å²) in [5, 5.41) is 12.2. The molecular weight excluding hydrogens is 230 g/mol. The van der Waals surface area contributed by atoms with Crippen LogP contribution in [0.2, 0.25) is 0 Å². The van der Waals surface area contributed by atoms with Crippen LogP contribution in [0.1, 0.15) is 31.3 Å². The Kier molecular flexibility index (Phi) is 5.58. The Balaban J connectivity index is 2.61. The Morgan fingerprint density at radius 2 is 2.17 bits per heavy atom. The highest BCUT2D eigenvalue weighted by atomic mass is 16.4. The van der Waals surface area contributed by atoms with Gasteiger partial charge in [-0.1, -0.05) is 13.8 Å². The van der Waals surface area contributed by atoms with Gasteiger partial charge in [-0.05, 0) is 32.1 Å². The van der Waals surface area contributed by atoms with Gasteiger partial charge in [-0.3, -0.25) is 0 Å². The van der Waals surface area contributed by atoms with Crippen LogP contribution in [0.3, 0.4) is 0 Å². The summed E-state index contributed by atoms with van der Waals surface area (Å²) < 4.78 is 0. The molecular formula is C13H21N3O2. The zero-order chi connectivity index (χ0) is 13.5. The summed E-state index contributed by atoms with van der Waals surface area (Å²) in [6, 6.07) is 3.60. The summed E-state index contributed by atoms with van der Waals surface area (Å²) in [4.78, 5) is 16.9. The minimum absolute atomic E-state index is 0.0649. The lowest BCUT2D eigenvalue weighted by molar-refractivity contribution is 0.0690. The molecule has 1 heterocycles. The monoisotopic (exact) mass is 251 g/mol. The number of carboxylic acid groups (broad SMARTS) is 1. The number of likely N-dealkylation sites (N-methyl/N-ethyl adjacent to an activating group) is 1. The molecule has 0 fully saturated rings. The second-order valence-corrected chi connectivity index (χ2v) is 4.27. The van der Waals surface area contributed by atoms with Gasteiger partial charge in [0.15, 0.2) is 0 Å². The van der Waals surface area contributed by atoms with E-state index in [1.54, 1.807) is 12.1 Å². The molecule has 0 saturated heterocycles. The summed E-state index contributed by atoms with van der Waals surface area (Å²) in [5.74, 6) is -1.00. The van der Waals surface area contributed by atoms with E-state index in [2.05, 4.69) is 36.0 Å². The molecule has 1 unspecified atom stereocenters. The molecule has 1 rings (SSSR count). The van der Waals surface area contributed by atoms with Crippen molar-refractivity contribution in [3.63, 3.8) is 0 Å². The van der Waals surface area contributed by atoms with Crippen molar-refractivity contribution in [2.75, 3.05) is 25.0 Å². The molecule has 1 aromatic rings. The van der Waals surface area contributed by atoms with Crippen LogP contribution in [0.15, 0.2) is 18.3 Å². The Morgan fingerprint density at radius 1 is 1.50 bits per heavy atom. The molecule has 0 aromatic carbocycles. The minimum Gasteiger partial charge on any atom is -0.477 e. The van der Waals surface area contributed by atoms with Crippen LogP contribution >= 0.6 is 0 Å². The first-order valence-electron chi connectivity index (χ1n) is 6.25. The topological polar surface area (TPSA) is 65.5 Å². The van der Waals surface area contributed by atoms with Crippen LogP contribution in [-0.2, 0) is 0 Å². The van der Waals surface area contributed by atoms with E-state index in [-0.39, 0.29) is 11.7 Å². The SMILES string of the molecule is CCN(CC)CC(C)Nc1ccnc(C(=O)O)c1. The normalized spacial score (nSPS) is 12.4. The highest BCUT2D eigenvalue weighted by Crippen LogP contribution is 2.10. The first kappa shape index (κ1) is 14.4. The van der Waals surface area contributed by atoms with Crippen molar-refractivity contribution in [2.45, 2.75) is 26.8 Å². The highest BCUT2D eigenvalue weighted by molar-refractivity contribution is 5.86. The number of aromatic carboxylic acids is 1. The third-order valence-corrected chi connectivity index (χ3v) is 2.82. The Hall–Kier alpha value is -1.62. The average molecular weight is 251 g/mol. The summed E-state index contributed by atoms with van der Waals surface area (Å²) in [7, 11) is 0. The van der Waals surface area contributed by atoms with Crippen molar-refractivity contribution in [2.24, 2.45) is 0 Å². The first-order valence-corrected chi connectivity index (χ1v) is 6.25. The zero-order valence-corrected chi connectivity index (χ0v) is 11.2. The van der Waals surface area contributed by atoms with E-state index in [0.29, 0.717) is 0 Å². The maximum atomic E-state index is 10.8. The molecule has 0 aliphatic carbocycles. The van der Waals surface area contributed by atoms with Crippen molar-refractivity contribution in [1.29, 1.82) is 0 Å². The van der Waals surface area contributed by atoms with Gasteiger partial charge >= 0.3 is 5.97 Å². The molecule has 0 amide bonds. The van der Waals surface area contributed by atoms with Crippen LogP contribution in [-0.4, -0.2) is 46.6 Å². The summed E-state index contributed by atoms with van der Waals surface area (Å²) >= 11 is 0. The van der Waals surface area contributed by atoms with E-state index in [9.17, 15) is 4.79 Å². The van der Waals surface area contributed by atoms with E-state index in [1.807, 2.05) is 0 Å². The summed E-state index contributed by atoms with van der Waals surface area (Å²) in [6.07, 6.45) is 1.51. The Labute approximate surface area is 108 Å². The van der Waals surface area contributed by atoms with Crippen molar-refractivity contribution < 1.29 is 9.90 Å². The maximum Gasteiger partial charge on any atom is 0.354 e. The molecule has 0 aliphatic heterocycles. The fraction of sp³-hybridized carbons (Fsp3) is 0.538. The number of rotatable bonds is 7. The number of hydrogen-bond acceptors (Lipinski definition) is 4. The predicted molar refractivity (Wildman–Crippen MR) is 72.1 cm³/mol. The van der Waals surface area contributed by atoms with Gasteiger partial charge < -0.3 is 15.3 Å². The van der Waals surface area contributed by atoms with E-state index in [0.717, 1.165) is 25.3 Å². The lowest BCUT2D eigenvalue weighted by Crippen LogP contribution is -2.34. The number of carbonyl (C=O) groups is 1. The van der Waals surface area contributed by atoms with E-state index < -0.39 is 5.97 Å². The van der Waals surface area contributed by atoms with Crippen LogP contribution in [0.25, 0.3) is 0 Å². The largest absolute Gasteiger partial charge is 0.477 e. The predicted octanol–water partition coefficient (Wildman–Crippen LogP) is 1.92. The number of hydrogen-bond donors (Lipinski definition) is 2. The first-order chi connectivity index (χ1) is 8.56. The minimum atomic E-state index is -1.00. The maximum absolute atomic E-state index is 10.8. The van der Waals surface area contributed by atoms with Crippen LogP contribution in [0.5, 0.6) is 0 Å². The third kappa shape index (κ3) is 4.33. The molecule has 18 heavy (non-hydrogen) atoms. The van der Waals surface area contributed by atoms with E-state index in [4.69, 9.17) is 5.11 Å². The van der Waals surface area contributed by atoms with Crippen LogP contribution in [0.4, 0.5) is 5.69 Å². The lowest BCUT2D eigenvalue weighted by Gasteiger charge is -2.24. The van der Waals surface area contributed by atoms with Gasteiger partial charge in [0.2, 0.25) is 0 Å². The average Bonchev–Trinajstić information content (AvgIpc) is 2.36. The van der Waals surface area contributed by atoms with Crippen LogP contribution < -0.4 is 5.32 Å². The highest BCUT2D eigenvalue weighted by Gasteiger charge is 2.09. The van der Waals surface area contributed by atoms with Gasteiger partial charge in [0, 0.05) is 24.5 Å². The van der Waals surface area contributed by atoms with Gasteiger partial charge in [0.1, 0.15) is 5.69 Å². The fourth-order valence-corrected chi connectivity index (χ4v) is 1.84. The van der Waals surface area contributed by atoms with E-state index in [1.165, 1.54) is 6.20 Å². The second-order valence-electron chi connectivity index (χ2n) is 4.27. The number of anilines is 1. The lowest BCUT2D eigenvalue weighted by atomic mass is 10.2. The number of nitrogens with zero attached hydrogens (tertiary/aromatic N) is 2. The van der Waals surface area contributed by atoms with Gasteiger partial charge in [0.25, 0.3) is 0 Å². The Morgan fingerprint density at radius 3 is 2.72 bits per heavy atom. The van der Waals surface area contributed by atoms with Gasteiger partial charge in [-0.25, -0.2) is 9.78 Å². The molecule has 2 N–H and O–H groups in total. The third-order valence-electron chi connectivity index (χ3n) is 2.82. The summed E-state index contributed by atoms with van der Waals surface area (Å²) in [5.41, 5.74) is 0.858. The number of aromatic nitrogens is 1. The standard InChI is InChI=1S/C13H21N3O2/c1-4-16(5-2)9-10(3)15-11-6-7-14-12(8-11)13(17)18/h6-8,10H,4-5,9H2,1-3H3,(H,14,15)(H,17,18). The van der Waals surface area contributed by atoms with Crippen LogP contribution in [0, 0.1) is 0 Å². The quantitative estimate of drug-likeness (QED) is 0.775. The molecule has 0 spiro atoms. The molecule has 0 saturated carbocycles. The molecule has 0 radical (unpaired) electrons. The number of nitrogens with one attached hydrogen (secondary N) is 1. The van der Waals surface area contributed by atoms with Gasteiger partial charge in [-0.2, -0.15) is 0 Å². The summed E-state index contributed by atoms with van der Waals surface area (Å²) in [6.45, 7) is 9.30. The second kappa shape index (κ2) is 6.96. The van der Waals surface area contributed by atoms with Crippen molar-refractivity contribution >= 4 is 11.7 Å². The fourth-order valence-electron chi connectivity index (χ4n) is 1.84. The smallest absolute Gasteiger partial charge is 0.354 e. The molecule has 5 nitrogen and oxygen atoms in total. The number of carboxylic acids is 1. The molecule has 1 atom stereocenters. The Bertz CT molecular complexity index is 392. The molecule has 100 valence electrons. The van der Waals surface area contributed by atoms with Gasteiger partial charge in [-0.15, -0.1) is 0 Å². The molecule has 0 bridgehead atoms. The molecule has 1 aromatic heterocycles. The van der Waals surface area contributed by atoms with Crippen molar-refractivity contribution in [3.05, 3.63) is 24.0 Å². The van der Waals surface area contributed by atoms with Crippen molar-refractivity contribution in [1.82, 2.24) is 9.88 Å². The van der Waals surface area contributed by atoms with Gasteiger partial charge in [0.05, 0.1) is 0 Å². The molecule has 0 aliphatic rings. The van der Waals surface area contributed by atoms with E-state index >= 15 is 0 Å². The zero-order valence-electron chi connectivity index (χ0n) is 11.2. The number of pyridine rings is 1.